The first-order valence-electron chi connectivity index (χ1n) is 11.4. The van der Waals surface area contributed by atoms with Crippen molar-refractivity contribution in [3.05, 3.63) is 71.1 Å². The maximum atomic E-state index is 13.5. The predicted molar refractivity (Wildman–Crippen MR) is 127 cm³/mol. The fourth-order valence-corrected chi connectivity index (χ4v) is 4.29. The molecule has 34 heavy (non-hydrogen) atoms. The zero-order chi connectivity index (χ0) is 23.8. The average molecular weight is 459 g/mol. The molecule has 0 atom stereocenters. The number of carbonyl (C=O) groups excluding carboxylic acids is 2. The average Bonchev–Trinajstić information content (AvgIpc) is 3.53. The predicted octanol–water partition coefficient (Wildman–Crippen LogP) is 4.51. The maximum absolute atomic E-state index is 13.5. The molecule has 1 fully saturated rings. The summed E-state index contributed by atoms with van der Waals surface area (Å²) in [4.78, 5) is 34.5. The molecule has 1 saturated heterocycles. The first kappa shape index (κ1) is 21.9. The van der Waals surface area contributed by atoms with Crippen LogP contribution < -0.4 is 0 Å². The third-order valence-electron chi connectivity index (χ3n) is 6.30. The van der Waals surface area contributed by atoms with Gasteiger partial charge in [0.15, 0.2) is 5.76 Å². The van der Waals surface area contributed by atoms with Gasteiger partial charge in [-0.15, -0.1) is 0 Å². The summed E-state index contributed by atoms with van der Waals surface area (Å²) in [7, 11) is 0. The number of nitrogens with zero attached hydrogens (tertiary/aromatic N) is 4. The van der Waals surface area contributed by atoms with Crippen molar-refractivity contribution in [2.45, 2.75) is 26.7 Å². The molecule has 5 rings (SSSR count). The van der Waals surface area contributed by atoms with Crippen molar-refractivity contribution in [3.8, 4) is 11.5 Å². The number of hydrogen-bond acceptors (Lipinski definition) is 6. The first-order chi connectivity index (χ1) is 16.4. The molecule has 1 aliphatic rings. The summed E-state index contributed by atoms with van der Waals surface area (Å²) in [5.41, 5.74) is 3.76. The van der Waals surface area contributed by atoms with E-state index < -0.39 is 0 Å². The molecule has 174 valence electrons. The van der Waals surface area contributed by atoms with E-state index in [9.17, 15) is 9.59 Å². The molecule has 2 amide bonds. The topological polar surface area (TPSA) is 92.7 Å². The highest BCUT2D eigenvalue weighted by Gasteiger charge is 2.28. The van der Waals surface area contributed by atoms with E-state index in [0.717, 1.165) is 0 Å². The van der Waals surface area contributed by atoms with Gasteiger partial charge in [0.2, 0.25) is 0 Å². The first-order valence-corrected chi connectivity index (χ1v) is 11.4. The van der Waals surface area contributed by atoms with Crippen molar-refractivity contribution < 1.29 is 18.5 Å². The van der Waals surface area contributed by atoms with E-state index in [-0.39, 0.29) is 11.8 Å². The lowest BCUT2D eigenvalue weighted by molar-refractivity contribution is 0.0536. The van der Waals surface area contributed by atoms with Crippen molar-refractivity contribution in [2.24, 2.45) is 0 Å². The second-order valence-electron chi connectivity index (χ2n) is 8.84. The van der Waals surface area contributed by atoms with Crippen LogP contribution in [0.15, 0.2) is 57.7 Å². The van der Waals surface area contributed by atoms with Gasteiger partial charge in [0.05, 0.1) is 22.9 Å². The van der Waals surface area contributed by atoms with Gasteiger partial charge >= 0.3 is 0 Å². The Labute approximate surface area is 197 Å². The molecule has 4 heterocycles. The van der Waals surface area contributed by atoms with E-state index in [1.165, 1.54) is 5.56 Å². The lowest BCUT2D eigenvalue weighted by Crippen LogP contribution is -2.50. The molecule has 0 unspecified atom stereocenters. The normalized spacial score (nSPS) is 14.2. The summed E-state index contributed by atoms with van der Waals surface area (Å²) in [5.74, 6) is 0.813. The Kier molecular flexibility index (Phi) is 5.65. The van der Waals surface area contributed by atoms with Crippen LogP contribution in [0.4, 0.5) is 0 Å². The van der Waals surface area contributed by atoms with Crippen molar-refractivity contribution in [1.82, 2.24) is 19.9 Å². The molecule has 8 nitrogen and oxygen atoms in total. The second kappa shape index (κ2) is 8.78. The number of carbonyl (C=O) groups is 2. The number of rotatable bonds is 4. The second-order valence-corrected chi connectivity index (χ2v) is 8.84. The minimum atomic E-state index is -0.139. The number of hydrogen-bond donors (Lipinski definition) is 0. The summed E-state index contributed by atoms with van der Waals surface area (Å²) >= 11 is 0. The Morgan fingerprint density at radius 1 is 0.971 bits per heavy atom. The van der Waals surface area contributed by atoms with Gasteiger partial charge in [0.1, 0.15) is 5.69 Å². The van der Waals surface area contributed by atoms with Crippen LogP contribution in [0, 0.1) is 6.92 Å². The van der Waals surface area contributed by atoms with Crippen LogP contribution in [-0.2, 0) is 0 Å². The van der Waals surface area contributed by atoms with Gasteiger partial charge in [-0.25, -0.2) is 4.98 Å². The van der Waals surface area contributed by atoms with Crippen LogP contribution in [0.3, 0.4) is 0 Å². The van der Waals surface area contributed by atoms with E-state index in [1.807, 2.05) is 24.3 Å². The number of aromatic nitrogens is 2. The molecule has 1 aliphatic heterocycles. The van der Waals surface area contributed by atoms with Crippen LogP contribution in [0.1, 0.15) is 51.7 Å². The minimum Gasteiger partial charge on any atom is -0.463 e. The molecule has 0 radical (unpaired) electrons. The Hall–Kier alpha value is -3.94. The summed E-state index contributed by atoms with van der Waals surface area (Å²) < 4.78 is 10.8. The molecule has 0 spiro atoms. The summed E-state index contributed by atoms with van der Waals surface area (Å²) in [5, 5.41) is 4.60. The van der Waals surface area contributed by atoms with Crippen LogP contribution in [0.25, 0.3) is 22.6 Å². The van der Waals surface area contributed by atoms with Gasteiger partial charge in [0, 0.05) is 31.7 Å². The van der Waals surface area contributed by atoms with E-state index in [2.05, 4.69) is 24.0 Å². The van der Waals surface area contributed by atoms with Gasteiger partial charge in [-0.3, -0.25) is 9.59 Å². The maximum Gasteiger partial charge on any atom is 0.259 e. The van der Waals surface area contributed by atoms with Gasteiger partial charge < -0.3 is 18.7 Å². The van der Waals surface area contributed by atoms with Gasteiger partial charge in [-0.05, 0) is 48.7 Å². The van der Waals surface area contributed by atoms with E-state index in [0.29, 0.717) is 71.5 Å². The zero-order valence-electron chi connectivity index (χ0n) is 19.4. The third-order valence-corrected chi connectivity index (χ3v) is 6.30. The molecule has 0 N–H and O–H groups in total. The summed E-state index contributed by atoms with van der Waals surface area (Å²) in [6, 6.07) is 13.0. The fourth-order valence-electron chi connectivity index (χ4n) is 4.29. The molecule has 8 heteroatoms. The number of benzene rings is 1. The highest BCUT2D eigenvalue weighted by atomic mass is 16.5. The molecular formula is C26H26N4O4. The number of fused-ring (bicyclic) bond motifs is 1. The molecule has 0 aliphatic carbocycles. The van der Waals surface area contributed by atoms with E-state index >= 15 is 0 Å². The molecule has 3 aromatic heterocycles. The van der Waals surface area contributed by atoms with Gasteiger partial charge in [-0.1, -0.05) is 31.1 Å². The van der Waals surface area contributed by atoms with E-state index in [4.69, 9.17) is 8.94 Å². The van der Waals surface area contributed by atoms with Crippen molar-refractivity contribution in [2.75, 3.05) is 26.2 Å². The summed E-state index contributed by atoms with van der Waals surface area (Å²) in [6.07, 6.45) is 1.56. The highest BCUT2D eigenvalue weighted by molar-refractivity contribution is 6.07. The monoisotopic (exact) mass is 458 g/mol. The number of furan rings is 1. The highest BCUT2D eigenvalue weighted by Crippen LogP contribution is 2.28. The zero-order valence-corrected chi connectivity index (χ0v) is 19.4. The van der Waals surface area contributed by atoms with Crippen molar-refractivity contribution in [1.29, 1.82) is 0 Å². The number of aryl methyl sites for hydroxylation is 1. The number of piperazine rings is 1. The van der Waals surface area contributed by atoms with Crippen molar-refractivity contribution in [3.63, 3.8) is 0 Å². The van der Waals surface area contributed by atoms with Crippen molar-refractivity contribution >= 4 is 22.9 Å². The smallest absolute Gasteiger partial charge is 0.259 e. The lowest BCUT2D eigenvalue weighted by Gasteiger charge is -2.35. The SMILES string of the molecule is Cc1noc2nc(-c3ccco3)cc(C(=O)N3CCN(C(=O)c4ccc(C(C)C)cc4)CC3)c12. The standard InChI is InChI=1S/C26H26N4O4/c1-16(2)18-6-8-19(9-7-18)25(31)29-10-12-30(13-11-29)26(32)20-15-21(22-5-4-14-33-22)27-24-23(20)17(3)28-34-24/h4-9,14-16H,10-13H2,1-3H3. The summed E-state index contributed by atoms with van der Waals surface area (Å²) in [6.45, 7) is 7.87. The molecule has 1 aromatic carbocycles. The Bertz CT molecular complexity index is 1330. The third kappa shape index (κ3) is 3.96. The molecule has 0 saturated carbocycles. The largest absolute Gasteiger partial charge is 0.463 e. The van der Waals surface area contributed by atoms with Crippen LogP contribution in [0.2, 0.25) is 0 Å². The lowest BCUT2D eigenvalue weighted by atomic mass is 10.0. The number of pyridine rings is 1. The Morgan fingerprint density at radius 3 is 2.26 bits per heavy atom. The molecular weight excluding hydrogens is 432 g/mol. The van der Waals surface area contributed by atoms with Gasteiger partial charge in [-0.2, -0.15) is 0 Å². The fraction of sp³-hybridized carbons (Fsp3) is 0.308. The number of amides is 2. The Balaban J connectivity index is 1.34. The van der Waals surface area contributed by atoms with Gasteiger partial charge in [0.25, 0.3) is 17.5 Å². The van der Waals surface area contributed by atoms with Crippen LogP contribution >= 0.6 is 0 Å². The van der Waals surface area contributed by atoms with Crippen LogP contribution in [0.5, 0.6) is 0 Å². The molecule has 4 aromatic rings. The Morgan fingerprint density at radius 2 is 1.65 bits per heavy atom. The quantitative estimate of drug-likeness (QED) is 0.447. The minimum absolute atomic E-state index is 0.0105. The molecule has 0 bridgehead atoms. The van der Waals surface area contributed by atoms with E-state index in [1.54, 1.807) is 41.2 Å². The van der Waals surface area contributed by atoms with Crippen LogP contribution in [-0.4, -0.2) is 57.9 Å².